The molecule has 0 radical (unpaired) electrons. The Bertz CT molecular complexity index is 635. The van der Waals surface area contributed by atoms with Gasteiger partial charge in [0.15, 0.2) is 0 Å². The summed E-state index contributed by atoms with van der Waals surface area (Å²) < 4.78 is 0. The number of rotatable bonds is 3. The van der Waals surface area contributed by atoms with Crippen LogP contribution >= 0.6 is 0 Å². The van der Waals surface area contributed by atoms with Gasteiger partial charge in [0, 0.05) is 5.69 Å². The number of carbonyl (C=O) groups is 2. The standard InChI is InChI=1S/C17H19NO3/c1-9-3-4-10(2)13(7-9)18-16(19)14-11-5-6-12(8-11)15(14)17(20)21/h3-7,11-12,14-15H,8H2,1-2H3,(H,18,19)(H,20,21)/t11-,12-,14+,15+/m0/s1. The maximum absolute atomic E-state index is 12.6. The van der Waals surface area contributed by atoms with E-state index in [1.807, 2.05) is 44.2 Å². The number of benzene rings is 1. The molecule has 1 aromatic rings. The number of hydrogen-bond donors (Lipinski definition) is 2. The molecule has 2 aliphatic carbocycles. The molecule has 2 bridgehead atoms. The average molecular weight is 285 g/mol. The second kappa shape index (κ2) is 5.02. The highest BCUT2D eigenvalue weighted by Gasteiger charge is 2.51. The minimum absolute atomic E-state index is 0.00172. The summed E-state index contributed by atoms with van der Waals surface area (Å²) in [5.41, 5.74) is 2.83. The summed E-state index contributed by atoms with van der Waals surface area (Å²) in [5.74, 6) is -2.04. The average Bonchev–Trinajstić information content (AvgIpc) is 3.03. The Kier molecular flexibility index (Phi) is 3.32. The van der Waals surface area contributed by atoms with Crippen molar-refractivity contribution in [2.24, 2.45) is 23.7 Å². The number of carbonyl (C=O) groups excluding carboxylic acids is 1. The summed E-state index contributed by atoms with van der Waals surface area (Å²) in [6.45, 7) is 3.90. The Balaban J connectivity index is 1.83. The highest BCUT2D eigenvalue weighted by atomic mass is 16.4. The van der Waals surface area contributed by atoms with E-state index in [0.29, 0.717) is 0 Å². The molecular formula is C17H19NO3. The van der Waals surface area contributed by atoms with E-state index >= 15 is 0 Å². The summed E-state index contributed by atoms with van der Waals surface area (Å²) in [5, 5.41) is 12.3. The molecule has 0 saturated heterocycles. The maximum Gasteiger partial charge on any atom is 0.307 e. The number of nitrogens with one attached hydrogen (secondary N) is 1. The molecule has 1 saturated carbocycles. The third-order valence-corrected chi connectivity index (χ3v) is 4.70. The number of fused-ring (bicyclic) bond motifs is 2. The second-order valence-corrected chi connectivity index (χ2v) is 6.15. The third-order valence-electron chi connectivity index (χ3n) is 4.70. The van der Waals surface area contributed by atoms with Crippen LogP contribution in [0.2, 0.25) is 0 Å². The van der Waals surface area contributed by atoms with E-state index in [9.17, 15) is 14.7 Å². The van der Waals surface area contributed by atoms with Gasteiger partial charge in [0.25, 0.3) is 0 Å². The first-order valence-electron chi connectivity index (χ1n) is 7.26. The molecule has 4 atom stereocenters. The zero-order valence-corrected chi connectivity index (χ0v) is 12.2. The molecule has 1 aromatic carbocycles. The van der Waals surface area contributed by atoms with Gasteiger partial charge >= 0.3 is 5.97 Å². The fraction of sp³-hybridized carbons (Fsp3) is 0.412. The van der Waals surface area contributed by atoms with Gasteiger partial charge in [-0.05, 0) is 49.3 Å². The molecule has 0 unspecified atom stereocenters. The van der Waals surface area contributed by atoms with E-state index in [1.54, 1.807) is 0 Å². The van der Waals surface area contributed by atoms with Gasteiger partial charge in [-0.1, -0.05) is 24.3 Å². The SMILES string of the molecule is Cc1ccc(C)c(NC(=O)[C@H]2[C@H](C(=O)O)[C@H]3C=C[C@H]2C3)c1. The lowest BCUT2D eigenvalue weighted by Crippen LogP contribution is -2.36. The van der Waals surface area contributed by atoms with Crippen LogP contribution in [0.4, 0.5) is 5.69 Å². The topological polar surface area (TPSA) is 66.4 Å². The van der Waals surface area contributed by atoms with E-state index in [2.05, 4.69) is 5.32 Å². The molecule has 2 aliphatic rings. The molecule has 21 heavy (non-hydrogen) atoms. The Hall–Kier alpha value is -2.10. The van der Waals surface area contributed by atoms with Crippen LogP contribution < -0.4 is 5.32 Å². The number of carboxylic acids is 1. The summed E-state index contributed by atoms with van der Waals surface area (Å²) >= 11 is 0. The highest BCUT2D eigenvalue weighted by Crippen LogP contribution is 2.48. The summed E-state index contributed by atoms with van der Waals surface area (Å²) in [6.07, 6.45) is 4.73. The predicted molar refractivity (Wildman–Crippen MR) is 79.9 cm³/mol. The number of aliphatic carboxylic acids is 1. The molecule has 2 N–H and O–H groups in total. The fourth-order valence-corrected chi connectivity index (χ4v) is 3.60. The van der Waals surface area contributed by atoms with Gasteiger partial charge in [-0.3, -0.25) is 9.59 Å². The lowest BCUT2D eigenvalue weighted by atomic mass is 9.82. The second-order valence-electron chi connectivity index (χ2n) is 6.15. The van der Waals surface area contributed by atoms with Crippen molar-refractivity contribution in [3.05, 3.63) is 41.5 Å². The number of hydrogen-bond acceptors (Lipinski definition) is 2. The van der Waals surface area contributed by atoms with Crippen LogP contribution in [-0.2, 0) is 9.59 Å². The van der Waals surface area contributed by atoms with Crippen molar-refractivity contribution < 1.29 is 14.7 Å². The largest absolute Gasteiger partial charge is 0.481 e. The quantitative estimate of drug-likeness (QED) is 0.839. The molecule has 110 valence electrons. The number of allylic oxidation sites excluding steroid dienone is 2. The molecule has 3 rings (SSSR count). The Morgan fingerprint density at radius 3 is 2.48 bits per heavy atom. The first-order chi connectivity index (χ1) is 9.97. The van der Waals surface area contributed by atoms with Crippen molar-refractivity contribution in [1.29, 1.82) is 0 Å². The summed E-state index contributed by atoms with van der Waals surface area (Å²) in [4.78, 5) is 24.0. The van der Waals surface area contributed by atoms with Crippen LogP contribution in [-0.4, -0.2) is 17.0 Å². The molecule has 0 spiro atoms. The highest BCUT2D eigenvalue weighted by molar-refractivity contribution is 5.97. The minimum atomic E-state index is -0.868. The predicted octanol–water partition coefficient (Wildman–Crippen LogP) is 2.76. The van der Waals surface area contributed by atoms with Crippen molar-refractivity contribution >= 4 is 17.6 Å². The van der Waals surface area contributed by atoms with Gasteiger partial charge in [-0.25, -0.2) is 0 Å². The lowest BCUT2D eigenvalue weighted by Gasteiger charge is -2.24. The Morgan fingerprint density at radius 1 is 1.14 bits per heavy atom. The van der Waals surface area contributed by atoms with Gasteiger partial charge in [-0.2, -0.15) is 0 Å². The molecule has 0 aliphatic heterocycles. The van der Waals surface area contributed by atoms with E-state index < -0.39 is 17.8 Å². The lowest BCUT2D eigenvalue weighted by molar-refractivity contribution is -0.146. The Morgan fingerprint density at radius 2 is 1.81 bits per heavy atom. The van der Waals surface area contributed by atoms with E-state index in [0.717, 1.165) is 23.2 Å². The van der Waals surface area contributed by atoms with Gasteiger partial charge < -0.3 is 10.4 Å². The molecule has 0 aromatic heterocycles. The van der Waals surface area contributed by atoms with Crippen LogP contribution in [0, 0.1) is 37.5 Å². The molecule has 4 heteroatoms. The van der Waals surface area contributed by atoms with Gasteiger partial charge in [0.05, 0.1) is 11.8 Å². The van der Waals surface area contributed by atoms with Gasteiger partial charge in [0.2, 0.25) is 5.91 Å². The van der Waals surface area contributed by atoms with E-state index in [4.69, 9.17) is 0 Å². The molecule has 1 fully saturated rings. The summed E-state index contributed by atoms with van der Waals surface area (Å²) in [6, 6.07) is 5.87. The maximum atomic E-state index is 12.6. The number of aryl methyl sites for hydroxylation is 2. The van der Waals surface area contributed by atoms with Crippen molar-refractivity contribution in [2.75, 3.05) is 5.32 Å². The molecule has 0 heterocycles. The minimum Gasteiger partial charge on any atom is -0.481 e. The number of amides is 1. The smallest absolute Gasteiger partial charge is 0.307 e. The van der Waals surface area contributed by atoms with Crippen LogP contribution in [0.5, 0.6) is 0 Å². The van der Waals surface area contributed by atoms with Crippen molar-refractivity contribution in [3.63, 3.8) is 0 Å². The molecule has 4 nitrogen and oxygen atoms in total. The normalized spacial score (nSPS) is 29.6. The summed E-state index contributed by atoms with van der Waals surface area (Å²) in [7, 11) is 0. The van der Waals surface area contributed by atoms with Gasteiger partial charge in [-0.15, -0.1) is 0 Å². The van der Waals surface area contributed by atoms with Crippen molar-refractivity contribution in [2.45, 2.75) is 20.3 Å². The van der Waals surface area contributed by atoms with Crippen LogP contribution in [0.25, 0.3) is 0 Å². The fourth-order valence-electron chi connectivity index (χ4n) is 3.60. The third kappa shape index (κ3) is 2.35. The molecule has 1 amide bonds. The van der Waals surface area contributed by atoms with Crippen molar-refractivity contribution in [1.82, 2.24) is 0 Å². The first kappa shape index (κ1) is 13.9. The zero-order valence-electron chi connectivity index (χ0n) is 12.2. The van der Waals surface area contributed by atoms with Crippen molar-refractivity contribution in [3.8, 4) is 0 Å². The zero-order chi connectivity index (χ0) is 15.1. The van der Waals surface area contributed by atoms with E-state index in [-0.39, 0.29) is 17.7 Å². The van der Waals surface area contributed by atoms with Crippen LogP contribution in [0.15, 0.2) is 30.4 Å². The Labute approximate surface area is 123 Å². The van der Waals surface area contributed by atoms with Gasteiger partial charge in [0.1, 0.15) is 0 Å². The van der Waals surface area contributed by atoms with E-state index in [1.165, 1.54) is 0 Å². The van der Waals surface area contributed by atoms with Crippen LogP contribution in [0.3, 0.4) is 0 Å². The van der Waals surface area contributed by atoms with Crippen LogP contribution in [0.1, 0.15) is 17.5 Å². The number of carboxylic acid groups (broad SMARTS) is 1. The number of anilines is 1. The first-order valence-corrected chi connectivity index (χ1v) is 7.26. The monoisotopic (exact) mass is 285 g/mol. The molecular weight excluding hydrogens is 266 g/mol.